The maximum absolute atomic E-state index is 17.3. The molecule has 0 aliphatic heterocycles. The summed E-state index contributed by atoms with van der Waals surface area (Å²) in [6.45, 7) is 7.03. The maximum Gasteiger partial charge on any atom is 0.306 e. The largest absolute Gasteiger partial charge is 0.458 e. The van der Waals surface area contributed by atoms with Gasteiger partial charge in [0.25, 0.3) is 0 Å². The molecule has 0 aromatic rings. The van der Waals surface area contributed by atoms with Crippen LogP contribution in [0, 0.1) is 28.6 Å². The van der Waals surface area contributed by atoms with Gasteiger partial charge in [-0.15, -0.1) is 0 Å². The lowest BCUT2D eigenvalue weighted by Gasteiger charge is -2.62. The van der Waals surface area contributed by atoms with Crippen molar-refractivity contribution in [2.45, 2.75) is 135 Å². The molecule has 3 fully saturated rings. The Hall–Kier alpha value is -1.86. The molecule has 230 valence electrons. The minimum atomic E-state index is -2.02. The van der Waals surface area contributed by atoms with E-state index in [0.717, 1.165) is 12.8 Å². The number of ketones is 2. The SMILES string of the molecule is CCCCCCCCCCCC(=O)OCC(=O)C1(O)[C@H](C)C[C@H]2[C@@H]3CCC4=CC(=O)C=C[C@]4(C)[C@@]3(F)[C@@H](O)C[C@@]21C. The Morgan fingerprint density at radius 1 is 1.05 bits per heavy atom. The van der Waals surface area contributed by atoms with E-state index in [1.54, 1.807) is 26.8 Å². The minimum absolute atomic E-state index is 0.0890. The van der Waals surface area contributed by atoms with Gasteiger partial charge in [0.05, 0.1) is 6.10 Å². The monoisotopic (exact) mass is 574 g/mol. The summed E-state index contributed by atoms with van der Waals surface area (Å²) in [5.41, 5.74) is -5.36. The van der Waals surface area contributed by atoms with Crippen molar-refractivity contribution in [3.63, 3.8) is 0 Å². The van der Waals surface area contributed by atoms with E-state index in [1.807, 2.05) is 0 Å². The van der Waals surface area contributed by atoms with Gasteiger partial charge in [-0.1, -0.05) is 83.8 Å². The van der Waals surface area contributed by atoms with E-state index in [2.05, 4.69) is 6.92 Å². The number of aliphatic hydroxyl groups is 2. The average Bonchev–Trinajstić information content (AvgIpc) is 3.13. The smallest absolute Gasteiger partial charge is 0.306 e. The number of ether oxygens (including phenoxy) is 1. The number of halogens is 1. The first-order valence-corrected chi connectivity index (χ1v) is 16.1. The molecule has 1 unspecified atom stereocenters. The second kappa shape index (κ2) is 12.4. The van der Waals surface area contributed by atoms with Crippen LogP contribution in [0.2, 0.25) is 0 Å². The molecule has 41 heavy (non-hydrogen) atoms. The van der Waals surface area contributed by atoms with Gasteiger partial charge in [0.2, 0.25) is 5.78 Å². The highest BCUT2D eigenvalue weighted by molar-refractivity contribution is 6.01. The summed E-state index contributed by atoms with van der Waals surface area (Å²) >= 11 is 0. The number of alkyl halides is 1. The lowest BCUT2D eigenvalue weighted by atomic mass is 9.44. The van der Waals surface area contributed by atoms with E-state index >= 15 is 4.39 Å². The molecule has 0 bridgehead atoms. The summed E-state index contributed by atoms with van der Waals surface area (Å²) in [5.74, 6) is -2.60. The summed E-state index contributed by atoms with van der Waals surface area (Å²) in [5, 5.41) is 23.5. The molecule has 6 nitrogen and oxygen atoms in total. The van der Waals surface area contributed by atoms with Crippen molar-refractivity contribution >= 4 is 17.5 Å². The molecule has 0 saturated heterocycles. The van der Waals surface area contributed by atoms with Gasteiger partial charge >= 0.3 is 5.97 Å². The zero-order valence-electron chi connectivity index (χ0n) is 25.6. The van der Waals surface area contributed by atoms with Crippen LogP contribution in [0.1, 0.15) is 118 Å². The summed E-state index contributed by atoms with van der Waals surface area (Å²) in [6.07, 6.45) is 14.8. The molecular formula is C34H51FO6. The molecule has 4 aliphatic rings. The van der Waals surface area contributed by atoms with Crippen molar-refractivity contribution in [2.75, 3.05) is 6.61 Å². The first kappa shape index (κ1) is 32.1. The second-order valence-corrected chi connectivity index (χ2v) is 13.8. The molecule has 0 aromatic heterocycles. The molecule has 0 heterocycles. The van der Waals surface area contributed by atoms with Gasteiger partial charge in [-0.3, -0.25) is 14.4 Å². The van der Waals surface area contributed by atoms with E-state index < -0.39 is 58.4 Å². The quantitative estimate of drug-likeness (QED) is 0.196. The molecule has 3 saturated carbocycles. The topological polar surface area (TPSA) is 101 Å². The zero-order valence-corrected chi connectivity index (χ0v) is 25.6. The fourth-order valence-corrected chi connectivity index (χ4v) is 9.05. The number of unbranched alkanes of at least 4 members (excludes halogenated alkanes) is 8. The summed E-state index contributed by atoms with van der Waals surface area (Å²) in [4.78, 5) is 38.0. The third-order valence-corrected chi connectivity index (χ3v) is 11.5. The fraction of sp³-hybridized carbons (Fsp3) is 0.794. The van der Waals surface area contributed by atoms with Crippen molar-refractivity contribution in [3.05, 3.63) is 23.8 Å². The molecule has 0 spiro atoms. The molecule has 0 radical (unpaired) electrons. The normalized spacial score (nSPS) is 39.5. The Morgan fingerprint density at radius 2 is 1.68 bits per heavy atom. The van der Waals surface area contributed by atoms with Crippen LogP contribution in [0.5, 0.6) is 0 Å². The van der Waals surface area contributed by atoms with Crippen LogP contribution >= 0.6 is 0 Å². The Balaban J connectivity index is 1.37. The number of hydrogen-bond donors (Lipinski definition) is 2. The Labute approximate surface area is 245 Å². The number of aliphatic hydroxyl groups excluding tert-OH is 1. The zero-order chi connectivity index (χ0) is 30.1. The number of carbonyl (C=O) groups is 3. The number of hydrogen-bond acceptors (Lipinski definition) is 6. The summed E-state index contributed by atoms with van der Waals surface area (Å²) in [6, 6.07) is 0. The Bertz CT molecular complexity index is 1070. The highest BCUT2D eigenvalue weighted by Crippen LogP contribution is 2.70. The number of fused-ring (bicyclic) bond motifs is 5. The molecule has 0 aromatic carbocycles. The molecule has 7 heteroatoms. The van der Waals surface area contributed by atoms with Crippen LogP contribution in [0.15, 0.2) is 23.8 Å². The summed E-state index contributed by atoms with van der Waals surface area (Å²) in [7, 11) is 0. The van der Waals surface area contributed by atoms with Crippen molar-refractivity contribution < 1.29 is 33.7 Å². The number of carbonyl (C=O) groups excluding carboxylic acids is 3. The van der Waals surface area contributed by atoms with Gasteiger partial charge in [0.1, 0.15) is 5.60 Å². The Morgan fingerprint density at radius 3 is 2.34 bits per heavy atom. The third kappa shape index (κ3) is 5.39. The van der Waals surface area contributed by atoms with Crippen LogP contribution in [-0.4, -0.2) is 51.7 Å². The predicted molar refractivity (Wildman–Crippen MR) is 156 cm³/mol. The highest BCUT2D eigenvalue weighted by Gasteiger charge is 2.75. The number of Topliss-reactive ketones (excluding diaryl/α,β-unsaturated/α-hetero) is 1. The van der Waals surface area contributed by atoms with Crippen LogP contribution in [-0.2, 0) is 19.1 Å². The number of esters is 1. The van der Waals surface area contributed by atoms with E-state index in [-0.39, 0.29) is 24.5 Å². The van der Waals surface area contributed by atoms with Crippen LogP contribution in [0.3, 0.4) is 0 Å². The van der Waals surface area contributed by atoms with Gasteiger partial charge in [0, 0.05) is 23.2 Å². The van der Waals surface area contributed by atoms with Gasteiger partial charge in [-0.05, 0) is 63.0 Å². The van der Waals surface area contributed by atoms with E-state index in [0.29, 0.717) is 31.3 Å². The lowest BCUT2D eigenvalue weighted by molar-refractivity contribution is -0.220. The van der Waals surface area contributed by atoms with Crippen molar-refractivity contribution in [1.29, 1.82) is 0 Å². The van der Waals surface area contributed by atoms with E-state index in [1.165, 1.54) is 50.7 Å². The molecule has 0 amide bonds. The molecule has 8 atom stereocenters. The Kier molecular flexibility index (Phi) is 9.70. The third-order valence-electron chi connectivity index (χ3n) is 11.5. The average molecular weight is 575 g/mol. The van der Waals surface area contributed by atoms with Crippen molar-refractivity contribution in [1.82, 2.24) is 0 Å². The van der Waals surface area contributed by atoms with E-state index in [9.17, 15) is 24.6 Å². The van der Waals surface area contributed by atoms with Gasteiger partial charge in [-0.2, -0.15) is 0 Å². The molecule has 4 aliphatic carbocycles. The first-order chi connectivity index (χ1) is 19.4. The van der Waals surface area contributed by atoms with Crippen molar-refractivity contribution in [3.8, 4) is 0 Å². The minimum Gasteiger partial charge on any atom is -0.458 e. The van der Waals surface area contributed by atoms with Crippen LogP contribution in [0.4, 0.5) is 4.39 Å². The standard InChI is InChI=1S/C34H51FO6/c1-5-6-7-8-9-10-11-12-13-14-30(39)41-22-29(38)34(40)23(2)19-27-26-16-15-24-20-25(36)17-18-31(24,3)33(26,35)28(37)21-32(27,34)4/h17-18,20,23,26-28,37,40H,5-16,19,21-22H2,1-4H3/t23-,26+,27+,28+,31+,32+,33+,34?/m1/s1. The fourth-order valence-electron chi connectivity index (χ4n) is 9.05. The van der Waals surface area contributed by atoms with Crippen LogP contribution < -0.4 is 0 Å². The number of allylic oxidation sites excluding steroid dienone is 4. The first-order valence-electron chi connectivity index (χ1n) is 16.1. The van der Waals surface area contributed by atoms with Gasteiger partial charge < -0.3 is 14.9 Å². The van der Waals surface area contributed by atoms with Gasteiger partial charge in [0.15, 0.2) is 18.1 Å². The van der Waals surface area contributed by atoms with Crippen molar-refractivity contribution in [2.24, 2.45) is 28.6 Å². The van der Waals surface area contributed by atoms with Gasteiger partial charge in [-0.25, -0.2) is 4.39 Å². The van der Waals surface area contributed by atoms with E-state index in [4.69, 9.17) is 4.74 Å². The number of rotatable bonds is 13. The lowest BCUT2D eigenvalue weighted by Crippen LogP contribution is -2.69. The van der Waals surface area contributed by atoms with Crippen LogP contribution in [0.25, 0.3) is 0 Å². The highest BCUT2D eigenvalue weighted by atomic mass is 19.1. The molecule has 2 N–H and O–H groups in total. The maximum atomic E-state index is 17.3. The summed E-state index contributed by atoms with van der Waals surface area (Å²) < 4.78 is 22.6. The predicted octanol–water partition coefficient (Wildman–Crippen LogP) is 6.37. The second-order valence-electron chi connectivity index (χ2n) is 13.8. The molecular weight excluding hydrogens is 523 g/mol. The molecule has 4 rings (SSSR count).